The van der Waals surface area contributed by atoms with Crippen molar-refractivity contribution in [2.24, 2.45) is 5.92 Å². The second kappa shape index (κ2) is 6.83. The number of carbonyl (C=O) groups is 1. The van der Waals surface area contributed by atoms with Crippen molar-refractivity contribution >= 4 is 5.91 Å². The van der Waals surface area contributed by atoms with E-state index in [9.17, 15) is 4.79 Å². The molecule has 1 saturated carbocycles. The average Bonchev–Trinajstić information content (AvgIpc) is 2.75. The normalized spacial score (nSPS) is 19.1. The van der Waals surface area contributed by atoms with Crippen LogP contribution in [0.25, 0.3) is 0 Å². The molecule has 0 aromatic heterocycles. The van der Waals surface area contributed by atoms with Gasteiger partial charge in [0, 0.05) is 6.42 Å². The minimum atomic E-state index is -0.0546. The molecular formula is C12H23NO2. The lowest BCUT2D eigenvalue weighted by Crippen LogP contribution is -2.36. The van der Waals surface area contributed by atoms with Crippen LogP contribution in [0.1, 0.15) is 51.9 Å². The highest BCUT2D eigenvalue weighted by molar-refractivity contribution is 5.76. The fourth-order valence-electron chi connectivity index (χ4n) is 2.21. The standard InChI is InChI=1S/C12H23NO2/c1-2-11(9-14)13-12(15)8-7-10-5-3-4-6-10/h10-11,14H,2-9H2,1H3,(H,13,15)/t11-/m1/s1. The maximum absolute atomic E-state index is 11.5. The summed E-state index contributed by atoms with van der Waals surface area (Å²) in [5.41, 5.74) is 0. The average molecular weight is 213 g/mol. The number of rotatable bonds is 6. The summed E-state index contributed by atoms with van der Waals surface area (Å²) in [5.74, 6) is 0.868. The van der Waals surface area contributed by atoms with Gasteiger partial charge in [0.2, 0.25) is 5.91 Å². The lowest BCUT2D eigenvalue weighted by Gasteiger charge is -2.15. The molecule has 3 nitrogen and oxygen atoms in total. The van der Waals surface area contributed by atoms with Crippen molar-refractivity contribution in [3.8, 4) is 0 Å². The van der Waals surface area contributed by atoms with E-state index >= 15 is 0 Å². The first-order valence-electron chi connectivity index (χ1n) is 6.16. The van der Waals surface area contributed by atoms with E-state index in [0.717, 1.165) is 18.8 Å². The van der Waals surface area contributed by atoms with E-state index in [1.807, 2.05) is 6.92 Å². The Hall–Kier alpha value is -0.570. The number of amides is 1. The number of aliphatic hydroxyl groups excluding tert-OH is 1. The molecule has 1 atom stereocenters. The maximum atomic E-state index is 11.5. The summed E-state index contributed by atoms with van der Waals surface area (Å²) in [6.07, 6.45) is 7.70. The van der Waals surface area contributed by atoms with E-state index in [4.69, 9.17) is 5.11 Å². The van der Waals surface area contributed by atoms with E-state index in [1.165, 1.54) is 25.7 Å². The predicted octanol–water partition coefficient (Wildman–Crippen LogP) is 1.84. The Kier molecular flexibility index (Phi) is 5.69. The second-order valence-electron chi connectivity index (χ2n) is 4.54. The first kappa shape index (κ1) is 12.5. The summed E-state index contributed by atoms with van der Waals surface area (Å²) in [7, 11) is 0. The first-order chi connectivity index (χ1) is 7.26. The summed E-state index contributed by atoms with van der Waals surface area (Å²) in [5, 5.41) is 11.8. The zero-order chi connectivity index (χ0) is 11.1. The molecular weight excluding hydrogens is 190 g/mol. The van der Waals surface area contributed by atoms with Gasteiger partial charge in [0.1, 0.15) is 0 Å². The largest absolute Gasteiger partial charge is 0.394 e. The lowest BCUT2D eigenvalue weighted by atomic mass is 10.0. The quantitative estimate of drug-likeness (QED) is 0.707. The zero-order valence-electron chi connectivity index (χ0n) is 9.67. The fraction of sp³-hybridized carbons (Fsp3) is 0.917. The molecule has 0 aromatic carbocycles. The number of nitrogens with one attached hydrogen (secondary N) is 1. The summed E-state index contributed by atoms with van der Waals surface area (Å²) in [6, 6.07) is -0.0546. The molecule has 0 radical (unpaired) electrons. The molecule has 1 rings (SSSR count). The van der Waals surface area contributed by atoms with Gasteiger partial charge in [-0.2, -0.15) is 0 Å². The molecule has 1 aliphatic rings. The van der Waals surface area contributed by atoms with Gasteiger partial charge in [0.25, 0.3) is 0 Å². The van der Waals surface area contributed by atoms with Gasteiger partial charge in [-0.3, -0.25) is 4.79 Å². The molecule has 1 fully saturated rings. The van der Waals surface area contributed by atoms with Gasteiger partial charge in [-0.25, -0.2) is 0 Å². The van der Waals surface area contributed by atoms with Gasteiger partial charge in [-0.15, -0.1) is 0 Å². The van der Waals surface area contributed by atoms with Crippen LogP contribution in [-0.4, -0.2) is 23.7 Å². The van der Waals surface area contributed by atoms with Gasteiger partial charge < -0.3 is 10.4 Å². The molecule has 0 heterocycles. The van der Waals surface area contributed by atoms with Crippen molar-refractivity contribution < 1.29 is 9.90 Å². The molecule has 0 spiro atoms. The van der Waals surface area contributed by atoms with Crippen LogP contribution in [-0.2, 0) is 4.79 Å². The van der Waals surface area contributed by atoms with Gasteiger partial charge >= 0.3 is 0 Å². The molecule has 1 aliphatic carbocycles. The van der Waals surface area contributed by atoms with Gasteiger partial charge in [-0.05, 0) is 18.8 Å². The van der Waals surface area contributed by atoms with Crippen LogP contribution in [0.3, 0.4) is 0 Å². The molecule has 15 heavy (non-hydrogen) atoms. The van der Waals surface area contributed by atoms with Crippen LogP contribution in [0.15, 0.2) is 0 Å². The molecule has 0 unspecified atom stereocenters. The lowest BCUT2D eigenvalue weighted by molar-refractivity contribution is -0.122. The molecule has 3 heteroatoms. The van der Waals surface area contributed by atoms with Crippen molar-refractivity contribution in [1.82, 2.24) is 5.32 Å². The summed E-state index contributed by atoms with van der Waals surface area (Å²) in [4.78, 5) is 11.5. The van der Waals surface area contributed by atoms with Crippen LogP contribution in [0.2, 0.25) is 0 Å². The van der Waals surface area contributed by atoms with E-state index in [2.05, 4.69) is 5.32 Å². The minimum absolute atomic E-state index is 0.0473. The third-order valence-corrected chi connectivity index (χ3v) is 3.33. The van der Waals surface area contributed by atoms with Gasteiger partial charge in [0.15, 0.2) is 0 Å². The molecule has 88 valence electrons. The predicted molar refractivity (Wildman–Crippen MR) is 60.5 cm³/mol. The third kappa shape index (κ3) is 4.65. The van der Waals surface area contributed by atoms with Crippen molar-refractivity contribution in [2.75, 3.05) is 6.61 Å². The number of hydrogen-bond donors (Lipinski definition) is 2. The summed E-state index contributed by atoms with van der Waals surface area (Å²) < 4.78 is 0. The molecule has 0 aliphatic heterocycles. The van der Waals surface area contributed by atoms with Gasteiger partial charge in [0.05, 0.1) is 12.6 Å². The Morgan fingerprint density at radius 2 is 2.13 bits per heavy atom. The number of aliphatic hydroxyl groups is 1. The van der Waals surface area contributed by atoms with Crippen LogP contribution >= 0.6 is 0 Å². The summed E-state index contributed by atoms with van der Waals surface area (Å²) in [6.45, 7) is 2.02. The number of hydrogen-bond acceptors (Lipinski definition) is 2. The molecule has 1 amide bonds. The van der Waals surface area contributed by atoms with Crippen molar-refractivity contribution in [1.29, 1.82) is 0 Å². The Morgan fingerprint density at radius 1 is 1.47 bits per heavy atom. The SMILES string of the molecule is CC[C@H](CO)NC(=O)CCC1CCCC1. The first-order valence-corrected chi connectivity index (χ1v) is 6.16. The maximum Gasteiger partial charge on any atom is 0.220 e. The van der Waals surface area contributed by atoms with Crippen molar-refractivity contribution in [3.05, 3.63) is 0 Å². The van der Waals surface area contributed by atoms with Crippen LogP contribution in [0, 0.1) is 5.92 Å². The third-order valence-electron chi connectivity index (χ3n) is 3.33. The molecule has 0 bridgehead atoms. The molecule has 2 N–H and O–H groups in total. The van der Waals surface area contributed by atoms with Crippen molar-refractivity contribution in [3.63, 3.8) is 0 Å². The minimum Gasteiger partial charge on any atom is -0.394 e. The Balaban J connectivity index is 2.11. The van der Waals surface area contributed by atoms with E-state index < -0.39 is 0 Å². The van der Waals surface area contributed by atoms with Crippen LogP contribution in [0.5, 0.6) is 0 Å². The second-order valence-corrected chi connectivity index (χ2v) is 4.54. The highest BCUT2D eigenvalue weighted by Crippen LogP contribution is 2.28. The Morgan fingerprint density at radius 3 is 2.67 bits per heavy atom. The van der Waals surface area contributed by atoms with Crippen LogP contribution < -0.4 is 5.32 Å². The highest BCUT2D eigenvalue weighted by atomic mass is 16.3. The zero-order valence-corrected chi connectivity index (χ0v) is 9.67. The molecule has 0 aromatic rings. The fourth-order valence-corrected chi connectivity index (χ4v) is 2.21. The Labute approximate surface area is 92.3 Å². The summed E-state index contributed by atoms with van der Waals surface area (Å²) >= 11 is 0. The smallest absolute Gasteiger partial charge is 0.220 e. The monoisotopic (exact) mass is 213 g/mol. The van der Waals surface area contributed by atoms with Crippen molar-refractivity contribution in [2.45, 2.75) is 57.9 Å². The Bertz CT molecular complexity index is 184. The van der Waals surface area contributed by atoms with E-state index in [1.54, 1.807) is 0 Å². The highest BCUT2D eigenvalue weighted by Gasteiger charge is 2.16. The molecule has 0 saturated heterocycles. The number of carbonyl (C=O) groups excluding carboxylic acids is 1. The van der Waals surface area contributed by atoms with E-state index in [0.29, 0.717) is 6.42 Å². The topological polar surface area (TPSA) is 49.3 Å². The van der Waals surface area contributed by atoms with Gasteiger partial charge in [-0.1, -0.05) is 32.6 Å². The van der Waals surface area contributed by atoms with Crippen LogP contribution in [0.4, 0.5) is 0 Å². The van der Waals surface area contributed by atoms with E-state index in [-0.39, 0.29) is 18.6 Å².